The number of carbonyl (C=O) groups excluding carboxylic acids is 2. The molecule has 0 atom stereocenters. The van der Waals surface area contributed by atoms with Crippen molar-refractivity contribution in [1.82, 2.24) is 10.2 Å². The van der Waals surface area contributed by atoms with Gasteiger partial charge in [0, 0.05) is 13.1 Å². The molecule has 0 saturated carbocycles. The van der Waals surface area contributed by atoms with Crippen molar-refractivity contribution in [2.24, 2.45) is 0 Å². The quantitative estimate of drug-likeness (QED) is 0.785. The predicted molar refractivity (Wildman–Crippen MR) is 63.9 cm³/mol. The third kappa shape index (κ3) is 5.77. The molecule has 0 aromatic heterocycles. The second-order valence-electron chi connectivity index (χ2n) is 4.36. The second kappa shape index (κ2) is 5.49. The normalized spacial score (nSPS) is 11.4. The zero-order valence-corrected chi connectivity index (χ0v) is 11.5. The van der Waals surface area contributed by atoms with Gasteiger partial charge < -0.3 is 10.2 Å². The van der Waals surface area contributed by atoms with Crippen LogP contribution in [0, 0.1) is 0 Å². The Hall–Kier alpha value is -0.580. The largest absolute Gasteiger partial charge is 0.352 e. The lowest BCUT2D eigenvalue weighted by Gasteiger charge is -2.24. The number of likely N-dealkylation sites (N-methyl/N-ethyl adjacent to an activating group) is 1. The maximum Gasteiger partial charge on any atom is 0.239 e. The van der Waals surface area contributed by atoms with Crippen LogP contribution in [0.25, 0.3) is 0 Å². The number of nitrogens with zero attached hydrogens (tertiary/aromatic N) is 1. The summed E-state index contributed by atoms with van der Waals surface area (Å²) in [5, 5.41) is 2.73. The van der Waals surface area contributed by atoms with Gasteiger partial charge in [-0.05, 0) is 27.7 Å². The molecule has 4 nitrogen and oxygen atoms in total. The van der Waals surface area contributed by atoms with Crippen LogP contribution in [0.2, 0.25) is 0 Å². The van der Waals surface area contributed by atoms with Gasteiger partial charge in [0.25, 0.3) is 0 Å². The van der Waals surface area contributed by atoms with Crippen LogP contribution in [0.1, 0.15) is 27.7 Å². The van der Waals surface area contributed by atoms with E-state index in [2.05, 4.69) is 21.2 Å². The first kappa shape index (κ1) is 14.4. The van der Waals surface area contributed by atoms with Crippen LogP contribution in [0.15, 0.2) is 0 Å². The Morgan fingerprint density at radius 2 is 1.87 bits per heavy atom. The average molecular weight is 279 g/mol. The fourth-order valence-corrected chi connectivity index (χ4v) is 1.41. The first-order valence-corrected chi connectivity index (χ1v) is 5.67. The summed E-state index contributed by atoms with van der Waals surface area (Å²) in [4.78, 5) is 24.5. The van der Waals surface area contributed by atoms with Crippen LogP contribution in [-0.4, -0.2) is 40.7 Å². The number of nitrogens with one attached hydrogen (secondary N) is 1. The van der Waals surface area contributed by atoms with E-state index in [4.69, 9.17) is 0 Å². The van der Waals surface area contributed by atoms with E-state index in [-0.39, 0.29) is 24.4 Å². The Bertz CT molecular complexity index is 246. The molecule has 0 saturated heterocycles. The summed E-state index contributed by atoms with van der Waals surface area (Å²) in [6, 6.07) is 0.0954. The number of rotatable bonds is 4. The fraction of sp³-hybridized carbons (Fsp3) is 0.800. The van der Waals surface area contributed by atoms with E-state index in [9.17, 15) is 9.59 Å². The minimum Gasteiger partial charge on any atom is -0.352 e. The van der Waals surface area contributed by atoms with Crippen molar-refractivity contribution in [3.05, 3.63) is 0 Å². The van der Waals surface area contributed by atoms with E-state index in [1.54, 1.807) is 20.9 Å². The summed E-state index contributed by atoms with van der Waals surface area (Å²) in [5.74, 6) is -0.251. The van der Waals surface area contributed by atoms with E-state index in [1.807, 2.05) is 13.8 Å². The van der Waals surface area contributed by atoms with Crippen LogP contribution in [0.3, 0.4) is 0 Å². The Labute approximate surface area is 99.5 Å². The van der Waals surface area contributed by atoms with Gasteiger partial charge in [-0.1, -0.05) is 15.9 Å². The van der Waals surface area contributed by atoms with Gasteiger partial charge in [0.2, 0.25) is 11.8 Å². The number of halogens is 1. The molecule has 0 aromatic rings. The minimum absolute atomic E-state index is 0.0893. The molecule has 0 unspecified atom stereocenters. The number of amides is 2. The van der Waals surface area contributed by atoms with E-state index in [0.717, 1.165) is 0 Å². The van der Waals surface area contributed by atoms with E-state index in [0.29, 0.717) is 0 Å². The van der Waals surface area contributed by atoms with Crippen molar-refractivity contribution < 1.29 is 9.59 Å². The van der Waals surface area contributed by atoms with Gasteiger partial charge in [-0.2, -0.15) is 0 Å². The molecule has 5 heteroatoms. The van der Waals surface area contributed by atoms with Gasteiger partial charge in [0.05, 0.1) is 10.9 Å². The monoisotopic (exact) mass is 278 g/mol. The van der Waals surface area contributed by atoms with Crippen molar-refractivity contribution in [1.29, 1.82) is 0 Å². The Morgan fingerprint density at radius 3 is 2.20 bits per heavy atom. The molecule has 0 bridgehead atoms. The average Bonchev–Trinajstić information content (AvgIpc) is 1.99. The van der Waals surface area contributed by atoms with Gasteiger partial charge in [-0.3, -0.25) is 9.59 Å². The number of hydrogen-bond donors (Lipinski definition) is 1. The standard InChI is InChI=1S/C10H19BrN2O2/c1-7(2)12-8(14)6-13(5)9(15)10(3,4)11/h7H,6H2,1-5H3,(H,12,14). The lowest BCUT2D eigenvalue weighted by Crippen LogP contribution is -2.45. The first-order valence-electron chi connectivity index (χ1n) is 4.88. The van der Waals surface area contributed by atoms with Crippen LogP contribution < -0.4 is 5.32 Å². The molecule has 0 aliphatic carbocycles. The Morgan fingerprint density at radius 1 is 1.40 bits per heavy atom. The summed E-state index contributed by atoms with van der Waals surface area (Å²) in [7, 11) is 1.62. The second-order valence-corrected chi connectivity index (χ2v) is 6.34. The fourth-order valence-electron chi connectivity index (χ4n) is 1.11. The molecule has 0 aliphatic rings. The van der Waals surface area contributed by atoms with Crippen molar-refractivity contribution in [3.8, 4) is 0 Å². The molecule has 0 fully saturated rings. The van der Waals surface area contributed by atoms with Crippen LogP contribution >= 0.6 is 15.9 Å². The number of hydrogen-bond acceptors (Lipinski definition) is 2. The predicted octanol–water partition coefficient (Wildman–Crippen LogP) is 1.14. The molecular formula is C10H19BrN2O2. The zero-order valence-electron chi connectivity index (χ0n) is 9.93. The minimum atomic E-state index is -0.625. The lowest BCUT2D eigenvalue weighted by atomic mass is 10.2. The molecule has 0 aliphatic heterocycles. The van der Waals surface area contributed by atoms with Crippen molar-refractivity contribution in [2.75, 3.05) is 13.6 Å². The van der Waals surface area contributed by atoms with Crippen LogP contribution in [0.4, 0.5) is 0 Å². The number of carbonyl (C=O) groups is 2. The summed E-state index contributed by atoms with van der Waals surface area (Å²) in [6.07, 6.45) is 0. The molecule has 0 radical (unpaired) electrons. The summed E-state index contributed by atoms with van der Waals surface area (Å²) >= 11 is 3.26. The van der Waals surface area contributed by atoms with Crippen LogP contribution in [-0.2, 0) is 9.59 Å². The molecule has 0 heterocycles. The van der Waals surface area contributed by atoms with E-state index in [1.165, 1.54) is 4.90 Å². The van der Waals surface area contributed by atoms with Crippen molar-refractivity contribution in [3.63, 3.8) is 0 Å². The topological polar surface area (TPSA) is 49.4 Å². The third-order valence-electron chi connectivity index (χ3n) is 1.69. The molecule has 0 spiro atoms. The highest BCUT2D eigenvalue weighted by molar-refractivity contribution is 9.10. The van der Waals surface area contributed by atoms with Crippen molar-refractivity contribution in [2.45, 2.75) is 38.1 Å². The maximum atomic E-state index is 11.7. The molecular weight excluding hydrogens is 260 g/mol. The van der Waals surface area contributed by atoms with Crippen LogP contribution in [0.5, 0.6) is 0 Å². The highest BCUT2D eigenvalue weighted by atomic mass is 79.9. The first-order chi connectivity index (χ1) is 6.64. The highest BCUT2D eigenvalue weighted by Crippen LogP contribution is 2.18. The van der Waals surface area contributed by atoms with Gasteiger partial charge in [0.15, 0.2) is 0 Å². The maximum absolute atomic E-state index is 11.7. The zero-order chi connectivity index (χ0) is 12.2. The van der Waals surface area contributed by atoms with Gasteiger partial charge in [0.1, 0.15) is 0 Å². The lowest BCUT2D eigenvalue weighted by molar-refractivity contribution is -0.136. The Kier molecular flexibility index (Phi) is 5.28. The SMILES string of the molecule is CC(C)NC(=O)CN(C)C(=O)C(C)(C)Br. The number of alkyl halides is 1. The molecule has 1 N–H and O–H groups in total. The molecule has 2 amide bonds. The van der Waals surface area contributed by atoms with E-state index >= 15 is 0 Å². The molecule has 15 heavy (non-hydrogen) atoms. The summed E-state index contributed by atoms with van der Waals surface area (Å²) in [6.45, 7) is 7.37. The highest BCUT2D eigenvalue weighted by Gasteiger charge is 2.27. The van der Waals surface area contributed by atoms with Gasteiger partial charge in [-0.15, -0.1) is 0 Å². The van der Waals surface area contributed by atoms with Crippen molar-refractivity contribution >= 4 is 27.7 Å². The third-order valence-corrected chi connectivity index (χ3v) is 2.02. The Balaban J connectivity index is 4.20. The molecule has 0 rings (SSSR count). The molecule has 88 valence electrons. The summed E-state index contributed by atoms with van der Waals surface area (Å²) < 4.78 is -0.625. The smallest absolute Gasteiger partial charge is 0.239 e. The van der Waals surface area contributed by atoms with E-state index < -0.39 is 4.32 Å². The van der Waals surface area contributed by atoms with Gasteiger partial charge >= 0.3 is 0 Å². The summed E-state index contributed by atoms with van der Waals surface area (Å²) in [5.41, 5.74) is 0. The molecule has 0 aromatic carbocycles. The van der Waals surface area contributed by atoms with Gasteiger partial charge in [-0.25, -0.2) is 0 Å².